The molecule has 4 nitrogen and oxygen atoms in total. The van der Waals surface area contributed by atoms with Gasteiger partial charge in [0.05, 0.1) is 5.56 Å². The molecule has 2 aromatic carbocycles. The number of hydrogen-bond acceptors (Lipinski definition) is 4. The molecule has 0 saturated carbocycles. The van der Waals surface area contributed by atoms with Gasteiger partial charge in [-0.15, -0.1) is 0 Å². The first-order valence-electron chi connectivity index (χ1n) is 16.7. The van der Waals surface area contributed by atoms with E-state index in [1.165, 1.54) is 37.7 Å². The zero-order valence-electron chi connectivity index (χ0n) is 29.1. The van der Waals surface area contributed by atoms with Crippen LogP contribution in [0.3, 0.4) is 0 Å². The summed E-state index contributed by atoms with van der Waals surface area (Å²) in [6.45, 7) is 2.13. The molecule has 0 fully saturated rings. The van der Waals surface area contributed by atoms with Gasteiger partial charge in [-0.3, -0.25) is 0 Å². The van der Waals surface area contributed by atoms with Crippen molar-refractivity contribution in [3.8, 4) is 17.1 Å². The molecule has 3 rings (SSSR count). The molecule has 22 heteroatoms. The van der Waals surface area contributed by atoms with Crippen molar-refractivity contribution in [3.63, 3.8) is 0 Å². The van der Waals surface area contributed by atoms with E-state index in [1.54, 1.807) is 0 Å². The average Bonchev–Trinajstić information content (AvgIpc) is 3.12. The van der Waals surface area contributed by atoms with Crippen LogP contribution in [0.5, 0.6) is 5.75 Å². The first-order chi connectivity index (χ1) is 26.0. The monoisotopic (exact) mass is 852 g/mol. The van der Waals surface area contributed by atoms with Crippen LogP contribution in [-0.2, 0) is 12.3 Å². The summed E-state index contributed by atoms with van der Waals surface area (Å²) < 4.78 is 251. The van der Waals surface area contributed by atoms with Gasteiger partial charge in [0, 0.05) is 23.5 Å². The predicted octanol–water partition coefficient (Wildman–Crippen LogP) is 12.7. The molecule has 0 aliphatic rings. The number of halogens is 18. The van der Waals surface area contributed by atoms with Gasteiger partial charge in [-0.25, -0.2) is 19.2 Å². The van der Waals surface area contributed by atoms with Crippen molar-refractivity contribution >= 4 is 5.97 Å². The number of benzene rings is 2. The summed E-state index contributed by atoms with van der Waals surface area (Å²) in [5.74, 6) is -61.3. The second kappa shape index (κ2) is 16.9. The molecule has 57 heavy (non-hydrogen) atoms. The SMILES string of the molecule is CCCCCCCCCCc1cnc(-c2ccc(OC(=O)c3ccc(C(F)(F)C(F)(F)C(F)(F)C(F)(F)C(F)(F)C(F)(F)C(F)(F)C(F)(F)F)cc3)c(F)c2)nc1. The van der Waals surface area contributed by atoms with Crippen LogP contribution in [0.2, 0.25) is 0 Å². The number of ether oxygens (including phenoxy) is 1. The van der Waals surface area contributed by atoms with E-state index >= 15 is 0 Å². The smallest absolute Gasteiger partial charge is 0.420 e. The van der Waals surface area contributed by atoms with Gasteiger partial charge in [-0.1, -0.05) is 64.0 Å². The van der Waals surface area contributed by atoms with Gasteiger partial charge >= 0.3 is 53.6 Å². The highest BCUT2D eigenvalue weighted by Gasteiger charge is 2.95. The summed E-state index contributed by atoms with van der Waals surface area (Å²) in [6.07, 6.45) is 4.73. The Balaban J connectivity index is 1.73. The number of aryl methyl sites for hydroxylation is 1. The van der Waals surface area contributed by atoms with Crippen molar-refractivity contribution in [3.05, 3.63) is 77.4 Å². The lowest BCUT2D eigenvalue weighted by Crippen LogP contribution is -2.74. The Labute approximate surface area is 311 Å². The van der Waals surface area contributed by atoms with Gasteiger partial charge in [-0.2, -0.15) is 74.6 Å². The van der Waals surface area contributed by atoms with E-state index in [1.807, 2.05) is 0 Å². The van der Waals surface area contributed by atoms with E-state index in [4.69, 9.17) is 4.74 Å². The topological polar surface area (TPSA) is 52.1 Å². The van der Waals surface area contributed by atoms with Crippen LogP contribution in [0, 0.1) is 5.82 Å². The third-order valence-corrected chi connectivity index (χ3v) is 8.62. The highest BCUT2D eigenvalue weighted by Crippen LogP contribution is 2.65. The number of unbranched alkanes of at least 4 members (excludes halogenated alkanes) is 7. The van der Waals surface area contributed by atoms with E-state index in [0.29, 0.717) is 6.42 Å². The minimum atomic E-state index is -8.76. The fourth-order valence-electron chi connectivity index (χ4n) is 5.14. The zero-order chi connectivity index (χ0) is 43.5. The first-order valence-corrected chi connectivity index (χ1v) is 16.7. The van der Waals surface area contributed by atoms with Crippen molar-refractivity contribution in [1.82, 2.24) is 9.97 Å². The third kappa shape index (κ3) is 8.92. The van der Waals surface area contributed by atoms with Crippen LogP contribution >= 0.6 is 0 Å². The maximum absolute atomic E-state index is 14.8. The number of alkyl halides is 17. The molecule has 0 spiro atoms. The molecule has 3 aromatic rings. The second-order valence-electron chi connectivity index (χ2n) is 12.8. The minimum absolute atomic E-state index is 0.0554. The Morgan fingerprint density at radius 2 is 1.04 bits per heavy atom. The van der Waals surface area contributed by atoms with Gasteiger partial charge < -0.3 is 4.74 Å². The summed E-state index contributed by atoms with van der Waals surface area (Å²) in [7, 11) is 0. The van der Waals surface area contributed by atoms with Crippen LogP contribution in [0.4, 0.5) is 79.0 Å². The first kappa shape index (κ1) is 47.1. The number of rotatable bonds is 19. The lowest BCUT2D eigenvalue weighted by atomic mass is 9.87. The molecule has 0 unspecified atom stereocenters. The number of carbonyl (C=O) groups is 1. The van der Waals surface area contributed by atoms with Crippen molar-refractivity contribution in [2.45, 2.75) is 112 Å². The van der Waals surface area contributed by atoms with Crippen LogP contribution in [-0.4, -0.2) is 57.6 Å². The predicted molar refractivity (Wildman–Crippen MR) is 165 cm³/mol. The van der Waals surface area contributed by atoms with Crippen LogP contribution in [0.25, 0.3) is 11.4 Å². The fraction of sp³-hybridized carbons (Fsp3) is 0.514. The summed E-state index contributed by atoms with van der Waals surface area (Å²) in [5.41, 5.74) is -2.56. The van der Waals surface area contributed by atoms with Crippen molar-refractivity contribution in [2.75, 3.05) is 0 Å². The summed E-state index contributed by atoms with van der Waals surface area (Å²) >= 11 is 0. The molecule has 1 aromatic heterocycles. The molecule has 1 heterocycles. The van der Waals surface area contributed by atoms with E-state index in [9.17, 15) is 83.8 Å². The van der Waals surface area contributed by atoms with Gasteiger partial charge in [-0.05, 0) is 48.7 Å². The molecule has 0 N–H and O–H groups in total. The molecule has 0 radical (unpaired) electrons. The van der Waals surface area contributed by atoms with Crippen LogP contribution in [0.1, 0.15) is 79.8 Å². The number of hydrogen-bond donors (Lipinski definition) is 0. The number of carbonyl (C=O) groups excluding carboxylic acids is 1. The van der Waals surface area contributed by atoms with Crippen molar-refractivity contribution < 1.29 is 88.6 Å². The van der Waals surface area contributed by atoms with Crippen molar-refractivity contribution in [1.29, 1.82) is 0 Å². The summed E-state index contributed by atoms with van der Waals surface area (Å²) in [6, 6.07) is 2.28. The van der Waals surface area contributed by atoms with E-state index in [-0.39, 0.29) is 35.7 Å². The fourth-order valence-corrected chi connectivity index (χ4v) is 5.14. The largest absolute Gasteiger partial charge is 0.460 e. The lowest BCUT2D eigenvalue weighted by Gasteiger charge is -2.42. The summed E-state index contributed by atoms with van der Waals surface area (Å²) in [5, 5.41) is 0. The quantitative estimate of drug-likeness (QED) is 0.0522. The van der Waals surface area contributed by atoms with Crippen molar-refractivity contribution in [2.24, 2.45) is 0 Å². The van der Waals surface area contributed by atoms with Gasteiger partial charge in [0.15, 0.2) is 17.4 Å². The van der Waals surface area contributed by atoms with E-state index < -0.39 is 76.3 Å². The second-order valence-corrected chi connectivity index (χ2v) is 12.8. The van der Waals surface area contributed by atoms with Gasteiger partial charge in [0.1, 0.15) is 0 Å². The van der Waals surface area contributed by atoms with Gasteiger partial charge in [0.25, 0.3) is 0 Å². The molecule has 0 aliphatic carbocycles. The normalized spacial score (nSPS) is 13.9. The number of aromatic nitrogens is 2. The standard InChI is InChI=1S/C35H30F18N2O2/c1-2-3-4-5-6-7-8-9-10-20-18-54-26(55-19-20)22-13-16-25(24(36)17-22)57-27(56)21-11-14-23(15-12-21)28(37,38)29(39,40)30(41,42)31(43,44)32(45,46)33(47,48)34(49,50)35(51,52)53/h11-19H,2-10H2,1H3. The molecular formula is C35H30F18N2O2. The maximum Gasteiger partial charge on any atom is 0.460 e. The Kier molecular flexibility index (Phi) is 14.0. The Hall–Kier alpha value is -4.27. The molecule has 0 saturated heterocycles. The molecular weight excluding hydrogens is 822 g/mol. The Morgan fingerprint density at radius 3 is 1.51 bits per heavy atom. The Bertz CT molecular complexity index is 1810. The number of esters is 1. The minimum Gasteiger partial charge on any atom is -0.420 e. The number of nitrogens with zero attached hydrogens (tertiary/aromatic N) is 2. The molecule has 0 atom stereocenters. The highest BCUT2D eigenvalue weighted by molar-refractivity contribution is 5.91. The summed E-state index contributed by atoms with van der Waals surface area (Å²) in [4.78, 5) is 20.8. The lowest BCUT2D eigenvalue weighted by molar-refractivity contribution is -0.462. The van der Waals surface area contributed by atoms with E-state index in [2.05, 4.69) is 16.9 Å². The Morgan fingerprint density at radius 1 is 0.579 bits per heavy atom. The average molecular weight is 853 g/mol. The molecule has 0 aliphatic heterocycles. The van der Waals surface area contributed by atoms with E-state index in [0.717, 1.165) is 49.8 Å². The maximum atomic E-state index is 14.8. The van der Waals surface area contributed by atoms with Gasteiger partial charge in [0.2, 0.25) is 0 Å². The molecule has 318 valence electrons. The zero-order valence-corrected chi connectivity index (χ0v) is 29.1. The van der Waals surface area contributed by atoms with Crippen LogP contribution < -0.4 is 4.74 Å². The molecule has 0 bridgehead atoms. The highest BCUT2D eigenvalue weighted by atomic mass is 19.4. The molecule has 0 amide bonds. The van der Waals surface area contributed by atoms with Crippen LogP contribution in [0.15, 0.2) is 54.9 Å². The third-order valence-electron chi connectivity index (χ3n) is 8.62.